The number of aliphatic hydroxyl groups excluding tert-OH is 1. The number of rotatable bonds is 5. The topological polar surface area (TPSA) is 105 Å². The van der Waals surface area contributed by atoms with Crippen LogP contribution in [0.5, 0.6) is 0 Å². The largest absolute Gasteiger partial charge is 0.466 e. The van der Waals surface area contributed by atoms with Crippen LogP contribution in [0.4, 0.5) is 5.69 Å². The molecule has 1 aliphatic heterocycles. The van der Waals surface area contributed by atoms with Crippen molar-refractivity contribution in [3.63, 3.8) is 0 Å². The lowest BCUT2D eigenvalue weighted by atomic mass is 10.1. The van der Waals surface area contributed by atoms with Crippen molar-refractivity contribution in [1.82, 2.24) is 15.1 Å². The molecule has 8 nitrogen and oxygen atoms in total. The van der Waals surface area contributed by atoms with Gasteiger partial charge in [0.15, 0.2) is 0 Å². The minimum atomic E-state index is -0.576. The van der Waals surface area contributed by atoms with Crippen LogP contribution in [-0.4, -0.2) is 58.9 Å². The number of esters is 1. The summed E-state index contributed by atoms with van der Waals surface area (Å²) in [4.78, 5) is 26.0. The molecule has 1 aliphatic rings. The summed E-state index contributed by atoms with van der Waals surface area (Å²) in [5.41, 5.74) is 2.45. The number of amides is 1. The molecule has 0 unspecified atom stereocenters. The molecule has 1 aromatic heterocycles. The minimum Gasteiger partial charge on any atom is -0.466 e. The summed E-state index contributed by atoms with van der Waals surface area (Å²) in [6.45, 7) is 1.88. The lowest BCUT2D eigenvalue weighted by molar-refractivity contribution is -0.136. The van der Waals surface area contributed by atoms with E-state index in [9.17, 15) is 9.59 Å². The number of β-amino-alcohol motifs (C(OH)–C–C–N with tert-alkyl or cyclic N) is 1. The van der Waals surface area contributed by atoms with Crippen LogP contribution in [0.15, 0.2) is 35.5 Å². The molecular weight excluding hydrogens is 324 g/mol. The Balaban J connectivity index is 2.03. The van der Waals surface area contributed by atoms with E-state index in [1.807, 2.05) is 19.1 Å². The van der Waals surface area contributed by atoms with E-state index in [2.05, 4.69) is 15.5 Å². The van der Waals surface area contributed by atoms with Gasteiger partial charge in [0.25, 0.3) is 5.91 Å². The molecule has 130 valence electrons. The van der Waals surface area contributed by atoms with Gasteiger partial charge in [-0.05, 0) is 25.1 Å². The monoisotopic (exact) mass is 342 g/mol. The quantitative estimate of drug-likeness (QED) is 0.767. The van der Waals surface area contributed by atoms with Gasteiger partial charge in [-0.15, -0.1) is 0 Å². The molecule has 1 aromatic carbocycles. The Morgan fingerprint density at radius 1 is 1.40 bits per heavy atom. The van der Waals surface area contributed by atoms with Gasteiger partial charge < -0.3 is 20.1 Å². The molecule has 3 rings (SSSR count). The molecule has 2 heterocycles. The number of aliphatic hydroxyl groups is 1. The smallest absolute Gasteiger partial charge is 0.337 e. The number of ether oxygens (including phenoxy) is 1. The number of fused-ring (bicyclic) bond motifs is 1. The van der Waals surface area contributed by atoms with Crippen molar-refractivity contribution in [2.75, 3.05) is 32.1 Å². The number of anilines is 1. The molecule has 2 aromatic rings. The zero-order valence-corrected chi connectivity index (χ0v) is 13.9. The van der Waals surface area contributed by atoms with Gasteiger partial charge in [0, 0.05) is 17.6 Å². The summed E-state index contributed by atoms with van der Waals surface area (Å²) >= 11 is 0. The zero-order chi connectivity index (χ0) is 18.0. The van der Waals surface area contributed by atoms with Crippen molar-refractivity contribution >= 4 is 28.5 Å². The Bertz CT molecular complexity index is 878. The Morgan fingerprint density at radius 3 is 2.92 bits per heavy atom. The van der Waals surface area contributed by atoms with Gasteiger partial charge in [-0.25, -0.2) is 4.79 Å². The highest BCUT2D eigenvalue weighted by molar-refractivity contribution is 6.09. The van der Waals surface area contributed by atoms with E-state index in [4.69, 9.17) is 9.84 Å². The second-order valence-corrected chi connectivity index (χ2v) is 5.64. The summed E-state index contributed by atoms with van der Waals surface area (Å²) in [7, 11) is 1.27. The van der Waals surface area contributed by atoms with Crippen LogP contribution in [0, 0.1) is 6.92 Å². The predicted octanol–water partition coefficient (Wildman–Crippen LogP) is 0.612. The standard InChI is InChI=1S/C17H18N4O4/c1-10-8-11-13(4-3-5-14(11)20-19-10)18-15-12(17(24)25-2)9-21(6-7-22)16(15)23/h3-5,8,18,22H,6-7,9H2,1-2H3. The van der Waals surface area contributed by atoms with Crippen LogP contribution in [0.25, 0.3) is 10.9 Å². The van der Waals surface area contributed by atoms with Gasteiger partial charge in [0.2, 0.25) is 0 Å². The Hall–Kier alpha value is -3.00. The third-order valence-corrected chi connectivity index (χ3v) is 3.97. The van der Waals surface area contributed by atoms with E-state index >= 15 is 0 Å². The molecule has 0 spiro atoms. The molecule has 0 saturated heterocycles. The third kappa shape index (κ3) is 3.16. The van der Waals surface area contributed by atoms with Gasteiger partial charge in [-0.2, -0.15) is 10.2 Å². The highest BCUT2D eigenvalue weighted by Crippen LogP contribution is 2.27. The Kier molecular flexibility index (Phi) is 4.62. The maximum Gasteiger partial charge on any atom is 0.337 e. The lowest BCUT2D eigenvalue weighted by Crippen LogP contribution is -2.31. The van der Waals surface area contributed by atoms with E-state index in [0.29, 0.717) is 11.2 Å². The van der Waals surface area contributed by atoms with Crippen molar-refractivity contribution in [3.8, 4) is 0 Å². The number of nitrogens with one attached hydrogen (secondary N) is 1. The van der Waals surface area contributed by atoms with Crippen LogP contribution in [-0.2, 0) is 14.3 Å². The fourth-order valence-electron chi connectivity index (χ4n) is 2.76. The number of carbonyl (C=O) groups excluding carboxylic acids is 2. The van der Waals surface area contributed by atoms with Crippen molar-refractivity contribution in [2.45, 2.75) is 6.92 Å². The molecule has 0 fully saturated rings. The number of aromatic nitrogens is 2. The third-order valence-electron chi connectivity index (χ3n) is 3.97. The SMILES string of the molecule is COC(=O)C1=C(Nc2cccc3nnc(C)cc23)C(=O)N(CCO)C1. The number of hydrogen-bond acceptors (Lipinski definition) is 7. The van der Waals surface area contributed by atoms with Crippen LogP contribution in [0.3, 0.4) is 0 Å². The van der Waals surface area contributed by atoms with Gasteiger partial charge in [0.1, 0.15) is 5.70 Å². The molecule has 1 amide bonds. The second-order valence-electron chi connectivity index (χ2n) is 5.64. The Morgan fingerprint density at radius 2 is 2.20 bits per heavy atom. The average molecular weight is 342 g/mol. The Labute approximate surface area is 144 Å². The van der Waals surface area contributed by atoms with E-state index in [-0.39, 0.29) is 36.9 Å². The first-order chi connectivity index (χ1) is 12.0. The first-order valence-corrected chi connectivity index (χ1v) is 7.77. The number of methoxy groups -OCH3 is 1. The van der Waals surface area contributed by atoms with Gasteiger partial charge in [-0.1, -0.05) is 6.07 Å². The summed E-state index contributed by atoms with van der Waals surface area (Å²) in [6.07, 6.45) is 0. The number of carbonyl (C=O) groups is 2. The molecule has 0 aliphatic carbocycles. The molecule has 8 heteroatoms. The van der Waals surface area contributed by atoms with Crippen molar-refractivity contribution in [3.05, 3.63) is 41.2 Å². The minimum absolute atomic E-state index is 0.0952. The summed E-state index contributed by atoms with van der Waals surface area (Å²) in [5, 5.41) is 21.1. The molecule has 2 N–H and O–H groups in total. The first kappa shape index (κ1) is 16.8. The number of hydrogen-bond donors (Lipinski definition) is 2. The molecule has 0 radical (unpaired) electrons. The molecule has 0 saturated carbocycles. The van der Waals surface area contributed by atoms with Gasteiger partial charge in [0.05, 0.1) is 37.0 Å². The fourth-order valence-corrected chi connectivity index (χ4v) is 2.76. The van der Waals surface area contributed by atoms with Crippen molar-refractivity contribution in [2.24, 2.45) is 0 Å². The highest BCUT2D eigenvalue weighted by atomic mass is 16.5. The predicted molar refractivity (Wildman–Crippen MR) is 90.6 cm³/mol. The van der Waals surface area contributed by atoms with E-state index in [0.717, 1.165) is 11.1 Å². The van der Waals surface area contributed by atoms with Crippen LogP contribution >= 0.6 is 0 Å². The molecular formula is C17H18N4O4. The number of aryl methyl sites for hydroxylation is 1. The van der Waals surface area contributed by atoms with E-state index in [1.165, 1.54) is 12.0 Å². The zero-order valence-electron chi connectivity index (χ0n) is 13.9. The maximum absolute atomic E-state index is 12.6. The van der Waals surface area contributed by atoms with E-state index in [1.54, 1.807) is 12.1 Å². The van der Waals surface area contributed by atoms with Crippen LogP contribution in [0.1, 0.15) is 5.69 Å². The number of benzene rings is 1. The lowest BCUT2D eigenvalue weighted by Gasteiger charge is -2.15. The normalized spacial score (nSPS) is 14.4. The maximum atomic E-state index is 12.6. The first-order valence-electron chi connectivity index (χ1n) is 7.77. The van der Waals surface area contributed by atoms with E-state index < -0.39 is 5.97 Å². The number of nitrogens with zero attached hydrogens (tertiary/aromatic N) is 3. The van der Waals surface area contributed by atoms with Gasteiger partial charge >= 0.3 is 5.97 Å². The second kappa shape index (κ2) is 6.86. The summed E-state index contributed by atoms with van der Waals surface area (Å²) in [5.74, 6) is -0.933. The average Bonchev–Trinajstić information content (AvgIpc) is 2.91. The van der Waals surface area contributed by atoms with Crippen LogP contribution in [0.2, 0.25) is 0 Å². The molecule has 25 heavy (non-hydrogen) atoms. The molecule has 0 bridgehead atoms. The highest BCUT2D eigenvalue weighted by Gasteiger charge is 2.34. The molecule has 0 atom stereocenters. The van der Waals surface area contributed by atoms with Gasteiger partial charge in [-0.3, -0.25) is 4.79 Å². The fraction of sp³-hybridized carbons (Fsp3) is 0.294. The summed E-state index contributed by atoms with van der Waals surface area (Å²) < 4.78 is 4.78. The van der Waals surface area contributed by atoms with Crippen molar-refractivity contribution < 1.29 is 19.4 Å². The van der Waals surface area contributed by atoms with Crippen LogP contribution < -0.4 is 5.32 Å². The summed E-state index contributed by atoms with van der Waals surface area (Å²) in [6, 6.07) is 7.26. The van der Waals surface area contributed by atoms with Crippen molar-refractivity contribution in [1.29, 1.82) is 0 Å².